The molecule has 0 saturated carbocycles. The van der Waals surface area contributed by atoms with Crippen LogP contribution in [0.25, 0.3) is 0 Å². The molecule has 2 saturated heterocycles. The quantitative estimate of drug-likeness (QED) is 0.638. The van der Waals surface area contributed by atoms with Crippen molar-refractivity contribution < 1.29 is 14.3 Å². The molecule has 0 atom stereocenters. The van der Waals surface area contributed by atoms with E-state index in [0.717, 1.165) is 24.4 Å². The summed E-state index contributed by atoms with van der Waals surface area (Å²) in [5.74, 6) is 0.823. The number of piperazine rings is 1. The number of ether oxygens (including phenoxy) is 1. The zero-order chi connectivity index (χ0) is 20.9. The molecule has 2 heterocycles. The predicted molar refractivity (Wildman–Crippen MR) is 122 cm³/mol. The van der Waals surface area contributed by atoms with Crippen LogP contribution in [0.4, 0.5) is 5.69 Å². The molecule has 0 spiro atoms. The molecule has 1 aromatic carbocycles. The van der Waals surface area contributed by atoms with Gasteiger partial charge in [-0.2, -0.15) is 0 Å². The number of benzene rings is 1. The number of hydrogen-bond acceptors (Lipinski definition) is 4. The lowest BCUT2D eigenvalue weighted by molar-refractivity contribution is -0.143. The summed E-state index contributed by atoms with van der Waals surface area (Å²) in [5.41, 5.74) is 0.397. The third-order valence-corrected chi connectivity index (χ3v) is 5.63. The average Bonchev–Trinajstić information content (AvgIpc) is 2.71. The molecular formula is C23H36ClN3O3. The number of carbonyl (C=O) groups excluding carboxylic acids is 2. The van der Waals surface area contributed by atoms with E-state index < -0.39 is 5.41 Å². The monoisotopic (exact) mass is 437 g/mol. The molecular weight excluding hydrogens is 402 g/mol. The standard InChI is InChI=1S/C23H35N3O3.ClH/c1-23(2,3)22(28)25-15-16-26(21(27)18-25)19-8-10-20(11-9-19)29-17-7-14-24-12-5-4-6-13-24;/h8-11H,4-7,12-18H2,1-3H3;1H. The van der Waals surface area contributed by atoms with Gasteiger partial charge in [-0.15, -0.1) is 12.4 Å². The minimum Gasteiger partial charge on any atom is -0.494 e. The molecule has 6 nitrogen and oxygen atoms in total. The highest BCUT2D eigenvalue weighted by molar-refractivity contribution is 5.98. The summed E-state index contributed by atoms with van der Waals surface area (Å²) < 4.78 is 5.87. The fourth-order valence-electron chi connectivity index (χ4n) is 3.98. The molecule has 0 N–H and O–H groups in total. The zero-order valence-corrected chi connectivity index (χ0v) is 19.4. The molecule has 0 aromatic heterocycles. The maximum atomic E-state index is 12.6. The van der Waals surface area contributed by atoms with Crippen molar-refractivity contribution in [1.29, 1.82) is 0 Å². The second-order valence-corrected chi connectivity index (χ2v) is 9.12. The Balaban J connectivity index is 0.00000320. The molecule has 0 unspecified atom stereocenters. The number of anilines is 1. The SMILES string of the molecule is CC(C)(C)C(=O)N1CCN(c2ccc(OCCCN3CCCCC3)cc2)C(=O)C1.Cl. The number of likely N-dealkylation sites (tertiary alicyclic amines) is 1. The summed E-state index contributed by atoms with van der Waals surface area (Å²) in [6, 6.07) is 7.71. The first-order chi connectivity index (χ1) is 13.8. The fraction of sp³-hybridized carbons (Fsp3) is 0.652. The molecule has 7 heteroatoms. The topological polar surface area (TPSA) is 53.1 Å². The number of halogens is 1. The third-order valence-electron chi connectivity index (χ3n) is 5.63. The second kappa shape index (κ2) is 11.0. The van der Waals surface area contributed by atoms with E-state index in [9.17, 15) is 9.59 Å². The third kappa shape index (κ3) is 6.61. The van der Waals surface area contributed by atoms with Crippen LogP contribution < -0.4 is 9.64 Å². The summed E-state index contributed by atoms with van der Waals surface area (Å²) in [5, 5.41) is 0. The lowest BCUT2D eigenvalue weighted by atomic mass is 9.94. The van der Waals surface area contributed by atoms with E-state index >= 15 is 0 Å². The van der Waals surface area contributed by atoms with E-state index in [2.05, 4.69) is 4.90 Å². The van der Waals surface area contributed by atoms with E-state index in [1.54, 1.807) is 9.80 Å². The Labute approximate surface area is 186 Å². The summed E-state index contributed by atoms with van der Waals surface area (Å²) >= 11 is 0. The predicted octanol–water partition coefficient (Wildman–Crippen LogP) is 3.58. The minimum atomic E-state index is -0.463. The van der Waals surface area contributed by atoms with Gasteiger partial charge in [0.1, 0.15) is 12.3 Å². The van der Waals surface area contributed by atoms with Crippen LogP contribution in [0, 0.1) is 5.41 Å². The first-order valence-electron chi connectivity index (χ1n) is 10.9. The van der Waals surface area contributed by atoms with Crippen LogP contribution in [0.2, 0.25) is 0 Å². The van der Waals surface area contributed by atoms with Crippen molar-refractivity contribution in [2.75, 3.05) is 50.8 Å². The van der Waals surface area contributed by atoms with Gasteiger partial charge in [0.05, 0.1) is 6.61 Å². The largest absolute Gasteiger partial charge is 0.494 e. The first kappa shape index (κ1) is 24.5. The molecule has 3 rings (SSSR count). The summed E-state index contributed by atoms with van der Waals surface area (Å²) in [7, 11) is 0. The number of carbonyl (C=O) groups is 2. The zero-order valence-electron chi connectivity index (χ0n) is 18.6. The van der Waals surface area contributed by atoms with Gasteiger partial charge in [0.2, 0.25) is 11.8 Å². The van der Waals surface area contributed by atoms with Crippen molar-refractivity contribution in [1.82, 2.24) is 9.80 Å². The van der Waals surface area contributed by atoms with Gasteiger partial charge >= 0.3 is 0 Å². The number of rotatable bonds is 6. The van der Waals surface area contributed by atoms with Gasteiger partial charge in [-0.1, -0.05) is 27.2 Å². The molecule has 0 aliphatic carbocycles. The Morgan fingerprint density at radius 2 is 1.67 bits per heavy atom. The average molecular weight is 438 g/mol. The fourth-order valence-corrected chi connectivity index (χ4v) is 3.98. The molecule has 1 aromatic rings. The van der Waals surface area contributed by atoms with E-state index in [1.807, 2.05) is 45.0 Å². The van der Waals surface area contributed by atoms with E-state index in [0.29, 0.717) is 19.7 Å². The van der Waals surface area contributed by atoms with Gasteiger partial charge in [0.25, 0.3) is 0 Å². The minimum absolute atomic E-state index is 0. The molecule has 0 radical (unpaired) electrons. The maximum absolute atomic E-state index is 12.6. The number of amides is 2. The van der Waals surface area contributed by atoms with Gasteiger partial charge in [-0.05, 0) is 56.6 Å². The van der Waals surface area contributed by atoms with Crippen molar-refractivity contribution in [3.05, 3.63) is 24.3 Å². The van der Waals surface area contributed by atoms with Crippen molar-refractivity contribution in [3.8, 4) is 5.75 Å². The maximum Gasteiger partial charge on any atom is 0.246 e. The lowest BCUT2D eigenvalue weighted by Gasteiger charge is -2.37. The Morgan fingerprint density at radius 3 is 2.27 bits per heavy atom. The van der Waals surface area contributed by atoms with Gasteiger partial charge in [-0.25, -0.2) is 0 Å². The van der Waals surface area contributed by atoms with E-state index in [-0.39, 0.29) is 30.8 Å². The van der Waals surface area contributed by atoms with Crippen LogP contribution in [0.1, 0.15) is 46.5 Å². The Bertz CT molecular complexity index is 697. The van der Waals surface area contributed by atoms with Gasteiger partial charge < -0.3 is 19.4 Å². The van der Waals surface area contributed by atoms with Crippen LogP contribution >= 0.6 is 12.4 Å². The van der Waals surface area contributed by atoms with Crippen LogP contribution in [0.3, 0.4) is 0 Å². The molecule has 0 bridgehead atoms. The first-order valence-corrected chi connectivity index (χ1v) is 10.9. The number of nitrogens with zero attached hydrogens (tertiary/aromatic N) is 3. The van der Waals surface area contributed by atoms with Gasteiger partial charge in [0, 0.05) is 30.7 Å². The highest BCUT2D eigenvalue weighted by Gasteiger charge is 2.33. The van der Waals surface area contributed by atoms with Crippen LogP contribution in [0.15, 0.2) is 24.3 Å². The normalized spacial score (nSPS) is 18.2. The van der Waals surface area contributed by atoms with E-state index in [1.165, 1.54) is 32.4 Å². The smallest absolute Gasteiger partial charge is 0.246 e. The van der Waals surface area contributed by atoms with Crippen molar-refractivity contribution in [3.63, 3.8) is 0 Å². The van der Waals surface area contributed by atoms with Gasteiger partial charge in [-0.3, -0.25) is 9.59 Å². The van der Waals surface area contributed by atoms with E-state index in [4.69, 9.17) is 4.74 Å². The van der Waals surface area contributed by atoms with Gasteiger partial charge in [0.15, 0.2) is 0 Å². The Hall–Kier alpha value is -1.79. The molecule has 2 aliphatic heterocycles. The molecule has 2 aliphatic rings. The molecule has 30 heavy (non-hydrogen) atoms. The summed E-state index contributed by atoms with van der Waals surface area (Å²) in [6.07, 6.45) is 5.03. The highest BCUT2D eigenvalue weighted by atomic mass is 35.5. The molecule has 168 valence electrons. The number of piperidine rings is 1. The van der Waals surface area contributed by atoms with Crippen LogP contribution in [-0.2, 0) is 9.59 Å². The van der Waals surface area contributed by atoms with Crippen molar-refractivity contribution in [2.24, 2.45) is 5.41 Å². The summed E-state index contributed by atoms with van der Waals surface area (Å²) in [4.78, 5) is 30.9. The summed E-state index contributed by atoms with van der Waals surface area (Å²) in [6.45, 7) is 11.1. The Kier molecular flexibility index (Phi) is 8.98. The molecule has 2 amide bonds. The van der Waals surface area contributed by atoms with Crippen LogP contribution in [-0.4, -0.2) is 67.5 Å². The second-order valence-electron chi connectivity index (χ2n) is 9.12. The lowest BCUT2D eigenvalue weighted by Crippen LogP contribution is -2.54. The van der Waals surface area contributed by atoms with Crippen molar-refractivity contribution >= 4 is 29.9 Å². The highest BCUT2D eigenvalue weighted by Crippen LogP contribution is 2.24. The van der Waals surface area contributed by atoms with Crippen LogP contribution in [0.5, 0.6) is 5.75 Å². The Morgan fingerprint density at radius 1 is 1.00 bits per heavy atom. The molecule has 2 fully saturated rings. The van der Waals surface area contributed by atoms with Crippen molar-refractivity contribution in [2.45, 2.75) is 46.5 Å². The number of hydrogen-bond donors (Lipinski definition) is 0.